The first kappa shape index (κ1) is 15.5. The lowest BCUT2D eigenvalue weighted by molar-refractivity contribution is -0.134. The molecule has 2 unspecified atom stereocenters. The molecule has 0 aromatic carbocycles. The zero-order valence-electron chi connectivity index (χ0n) is 12.4. The third kappa shape index (κ3) is 5.38. The number of hydrogen-bond donors (Lipinski definition) is 1. The van der Waals surface area contributed by atoms with Gasteiger partial charge in [-0.3, -0.25) is 4.79 Å². The average molecular weight is 255 g/mol. The number of carbonyl (C=O) groups is 1. The minimum atomic E-state index is -0.296. The molecule has 0 spiro atoms. The van der Waals surface area contributed by atoms with Gasteiger partial charge in [-0.25, -0.2) is 0 Å². The van der Waals surface area contributed by atoms with Gasteiger partial charge in [0.05, 0.1) is 6.10 Å². The summed E-state index contributed by atoms with van der Waals surface area (Å²) < 4.78 is 0. The number of aliphatic hydroxyl groups is 1. The molecule has 1 N–H and O–H groups in total. The highest BCUT2D eigenvalue weighted by molar-refractivity contribution is 5.76. The maximum atomic E-state index is 12.1. The molecular formula is C15H29NO2. The maximum absolute atomic E-state index is 12.1. The summed E-state index contributed by atoms with van der Waals surface area (Å²) in [6, 6.07) is 0. The topological polar surface area (TPSA) is 40.5 Å². The second kappa shape index (κ2) is 6.55. The third-order valence-electron chi connectivity index (χ3n) is 3.81. The first-order valence-electron chi connectivity index (χ1n) is 7.25. The van der Waals surface area contributed by atoms with Gasteiger partial charge < -0.3 is 10.0 Å². The van der Waals surface area contributed by atoms with E-state index in [9.17, 15) is 9.90 Å². The Morgan fingerprint density at radius 1 is 1.44 bits per heavy atom. The van der Waals surface area contributed by atoms with Crippen molar-refractivity contribution in [3.63, 3.8) is 0 Å². The van der Waals surface area contributed by atoms with E-state index in [1.54, 1.807) is 0 Å². The van der Waals surface area contributed by atoms with Crippen molar-refractivity contribution < 1.29 is 9.90 Å². The minimum absolute atomic E-state index is 0.268. The summed E-state index contributed by atoms with van der Waals surface area (Å²) in [5.74, 6) is 0.537. The first-order valence-corrected chi connectivity index (χ1v) is 7.25. The van der Waals surface area contributed by atoms with Gasteiger partial charge in [-0.1, -0.05) is 20.8 Å². The van der Waals surface area contributed by atoms with Gasteiger partial charge in [0.2, 0.25) is 5.91 Å². The summed E-state index contributed by atoms with van der Waals surface area (Å²) in [4.78, 5) is 14.0. The molecule has 1 aliphatic rings. The number of nitrogens with zero attached hydrogens (tertiary/aromatic N) is 1. The molecule has 0 bridgehead atoms. The fourth-order valence-electron chi connectivity index (χ4n) is 2.56. The third-order valence-corrected chi connectivity index (χ3v) is 3.81. The summed E-state index contributed by atoms with van der Waals surface area (Å²) in [6.07, 6.45) is 4.49. The number of aliphatic hydroxyl groups excluding tert-OH is 1. The first-order chi connectivity index (χ1) is 8.29. The van der Waals surface area contributed by atoms with E-state index in [2.05, 4.69) is 20.8 Å². The van der Waals surface area contributed by atoms with Crippen LogP contribution in [0.4, 0.5) is 0 Å². The Hall–Kier alpha value is -0.570. The molecule has 106 valence electrons. The van der Waals surface area contributed by atoms with Gasteiger partial charge in [-0.2, -0.15) is 0 Å². The van der Waals surface area contributed by atoms with E-state index in [0.29, 0.717) is 11.8 Å². The zero-order valence-corrected chi connectivity index (χ0v) is 12.4. The van der Waals surface area contributed by atoms with Crippen LogP contribution < -0.4 is 0 Å². The summed E-state index contributed by atoms with van der Waals surface area (Å²) >= 11 is 0. The van der Waals surface area contributed by atoms with Crippen LogP contribution >= 0.6 is 0 Å². The molecule has 18 heavy (non-hydrogen) atoms. The van der Waals surface area contributed by atoms with Gasteiger partial charge in [0, 0.05) is 25.4 Å². The Bertz CT molecular complexity index is 268. The lowest BCUT2D eigenvalue weighted by Crippen LogP contribution is -2.42. The number of hydrogen-bond acceptors (Lipinski definition) is 2. The normalized spacial score (nSPS) is 22.9. The standard InChI is InChI=1S/C15H29NO2/c1-12(17)13-7-6-10-16(11-13)14(18)8-5-9-15(2,3)4/h12-13,17H,5-11H2,1-4H3. The number of carbonyl (C=O) groups excluding carboxylic acids is 1. The molecule has 0 aromatic rings. The van der Waals surface area contributed by atoms with Crippen LogP contribution in [-0.4, -0.2) is 35.1 Å². The van der Waals surface area contributed by atoms with Crippen LogP contribution in [-0.2, 0) is 4.79 Å². The Morgan fingerprint density at radius 3 is 2.67 bits per heavy atom. The largest absolute Gasteiger partial charge is 0.393 e. The van der Waals surface area contributed by atoms with Crippen molar-refractivity contribution >= 4 is 5.91 Å². The molecular weight excluding hydrogens is 226 g/mol. The van der Waals surface area contributed by atoms with Crippen molar-refractivity contribution in [2.24, 2.45) is 11.3 Å². The fourth-order valence-corrected chi connectivity index (χ4v) is 2.56. The fraction of sp³-hybridized carbons (Fsp3) is 0.933. The van der Waals surface area contributed by atoms with E-state index in [1.807, 2.05) is 11.8 Å². The van der Waals surface area contributed by atoms with Gasteiger partial charge in [-0.05, 0) is 38.0 Å². The molecule has 3 nitrogen and oxygen atoms in total. The van der Waals surface area contributed by atoms with E-state index in [1.165, 1.54) is 0 Å². The van der Waals surface area contributed by atoms with Crippen LogP contribution in [0.2, 0.25) is 0 Å². The van der Waals surface area contributed by atoms with E-state index in [4.69, 9.17) is 0 Å². The van der Waals surface area contributed by atoms with Crippen LogP contribution in [0.5, 0.6) is 0 Å². The predicted octanol–water partition coefficient (Wildman–Crippen LogP) is 2.82. The number of likely N-dealkylation sites (tertiary alicyclic amines) is 1. The quantitative estimate of drug-likeness (QED) is 0.839. The number of rotatable bonds is 4. The molecule has 0 aliphatic carbocycles. The molecule has 0 radical (unpaired) electrons. The molecule has 1 saturated heterocycles. The SMILES string of the molecule is CC(O)C1CCCN(C(=O)CCCC(C)(C)C)C1. The lowest BCUT2D eigenvalue weighted by Gasteiger charge is -2.34. The molecule has 0 aromatic heterocycles. The van der Waals surface area contributed by atoms with Crippen molar-refractivity contribution in [3.8, 4) is 0 Å². The molecule has 3 heteroatoms. The number of piperidine rings is 1. The highest BCUT2D eigenvalue weighted by Crippen LogP contribution is 2.23. The Labute approximate surface area is 112 Å². The van der Waals surface area contributed by atoms with E-state index in [-0.39, 0.29) is 17.9 Å². The summed E-state index contributed by atoms with van der Waals surface area (Å²) in [7, 11) is 0. The molecule has 1 aliphatic heterocycles. The highest BCUT2D eigenvalue weighted by atomic mass is 16.3. The molecule has 1 fully saturated rings. The predicted molar refractivity (Wildman–Crippen MR) is 74.3 cm³/mol. The summed E-state index contributed by atoms with van der Waals surface area (Å²) in [5.41, 5.74) is 0.310. The molecule has 0 saturated carbocycles. The van der Waals surface area contributed by atoms with Crippen LogP contribution in [0, 0.1) is 11.3 Å². The molecule has 2 atom stereocenters. The maximum Gasteiger partial charge on any atom is 0.222 e. The van der Waals surface area contributed by atoms with Gasteiger partial charge in [0.15, 0.2) is 0 Å². The Balaban J connectivity index is 2.33. The Kier molecular flexibility index (Phi) is 5.64. The lowest BCUT2D eigenvalue weighted by atomic mass is 9.89. The van der Waals surface area contributed by atoms with Crippen molar-refractivity contribution in [2.75, 3.05) is 13.1 Å². The number of amides is 1. The van der Waals surface area contributed by atoms with Crippen molar-refractivity contribution in [3.05, 3.63) is 0 Å². The average Bonchev–Trinajstić information content (AvgIpc) is 2.27. The highest BCUT2D eigenvalue weighted by Gasteiger charge is 2.26. The molecule has 1 heterocycles. The zero-order chi connectivity index (χ0) is 13.8. The van der Waals surface area contributed by atoms with Crippen molar-refractivity contribution in [1.29, 1.82) is 0 Å². The van der Waals surface area contributed by atoms with Crippen molar-refractivity contribution in [2.45, 2.75) is 65.9 Å². The van der Waals surface area contributed by atoms with Crippen LogP contribution in [0.1, 0.15) is 59.8 Å². The van der Waals surface area contributed by atoms with Gasteiger partial charge in [0.1, 0.15) is 0 Å². The minimum Gasteiger partial charge on any atom is -0.393 e. The van der Waals surface area contributed by atoms with Gasteiger partial charge >= 0.3 is 0 Å². The van der Waals surface area contributed by atoms with E-state index in [0.717, 1.165) is 38.8 Å². The van der Waals surface area contributed by atoms with Gasteiger partial charge in [0.25, 0.3) is 0 Å². The van der Waals surface area contributed by atoms with E-state index >= 15 is 0 Å². The second-order valence-corrected chi connectivity index (χ2v) is 6.90. The van der Waals surface area contributed by atoms with Crippen LogP contribution in [0.15, 0.2) is 0 Å². The second-order valence-electron chi connectivity index (χ2n) is 6.90. The monoisotopic (exact) mass is 255 g/mol. The summed E-state index contributed by atoms with van der Waals surface area (Å²) in [6.45, 7) is 10.1. The van der Waals surface area contributed by atoms with Gasteiger partial charge in [-0.15, -0.1) is 0 Å². The smallest absolute Gasteiger partial charge is 0.222 e. The van der Waals surface area contributed by atoms with Crippen molar-refractivity contribution in [1.82, 2.24) is 4.90 Å². The summed E-state index contributed by atoms with van der Waals surface area (Å²) in [5, 5.41) is 9.62. The molecule has 1 amide bonds. The van der Waals surface area contributed by atoms with E-state index < -0.39 is 0 Å². The Morgan fingerprint density at radius 2 is 2.11 bits per heavy atom. The van der Waals surface area contributed by atoms with Crippen LogP contribution in [0.25, 0.3) is 0 Å². The van der Waals surface area contributed by atoms with Crippen LogP contribution in [0.3, 0.4) is 0 Å². The molecule has 1 rings (SSSR count).